The molecule has 0 radical (unpaired) electrons. The molecule has 6 aromatic rings. The van der Waals surface area contributed by atoms with Crippen molar-refractivity contribution in [1.29, 1.82) is 0 Å². The topological polar surface area (TPSA) is 44.9 Å². The lowest BCUT2D eigenvalue weighted by Gasteiger charge is -2.31. The van der Waals surface area contributed by atoms with E-state index >= 15 is 0 Å². The van der Waals surface area contributed by atoms with Gasteiger partial charge in [0.2, 0.25) is 0 Å². The zero-order chi connectivity index (χ0) is 32.9. The highest BCUT2D eigenvalue weighted by Crippen LogP contribution is 2.43. The van der Waals surface area contributed by atoms with Gasteiger partial charge in [0.1, 0.15) is 17.3 Å². The third kappa shape index (κ3) is 5.66. The molecule has 3 aromatic carbocycles. The second kappa shape index (κ2) is 12.2. The first-order chi connectivity index (χ1) is 22.6. The highest BCUT2D eigenvalue weighted by Gasteiger charge is 2.31. The number of para-hydroxylation sites is 1. The first kappa shape index (κ1) is 31.0. The van der Waals surface area contributed by atoms with Crippen molar-refractivity contribution in [2.24, 2.45) is 5.92 Å². The second-order valence-electron chi connectivity index (χ2n) is 14.3. The Balaban J connectivity index is 1.26. The molecule has 2 atom stereocenters. The van der Waals surface area contributed by atoms with Gasteiger partial charge < -0.3 is 4.74 Å². The van der Waals surface area contributed by atoms with Gasteiger partial charge in [0, 0.05) is 46.3 Å². The first-order valence-electron chi connectivity index (χ1n) is 17.2. The number of hydrogen-bond acceptors (Lipinski definition) is 3. The number of rotatable bonds is 7. The average Bonchev–Trinajstić information content (AvgIpc) is 3.54. The number of nitrogens with zero attached hydrogens (tertiary/aromatic N) is 4. The smallest absolute Gasteiger partial charge is 0.137 e. The Morgan fingerprint density at radius 3 is 2.47 bits per heavy atom. The van der Waals surface area contributed by atoms with Gasteiger partial charge in [0.25, 0.3) is 0 Å². The third-order valence-electron chi connectivity index (χ3n) is 9.98. The highest BCUT2D eigenvalue weighted by atomic mass is 16.5. The Morgan fingerprint density at radius 2 is 1.66 bits per heavy atom. The maximum Gasteiger partial charge on any atom is 0.137 e. The van der Waals surface area contributed by atoms with Crippen molar-refractivity contribution in [3.63, 3.8) is 0 Å². The molecule has 3 heterocycles. The lowest BCUT2D eigenvalue weighted by atomic mass is 9.73. The minimum Gasteiger partial charge on any atom is -0.457 e. The Labute approximate surface area is 278 Å². The molecule has 0 saturated carbocycles. The van der Waals surface area contributed by atoms with Crippen LogP contribution in [0.3, 0.4) is 0 Å². The van der Waals surface area contributed by atoms with Gasteiger partial charge in [-0.3, -0.25) is 4.57 Å². The molecule has 0 fully saturated rings. The summed E-state index contributed by atoms with van der Waals surface area (Å²) in [6.45, 7) is 15.8. The van der Waals surface area contributed by atoms with Crippen LogP contribution >= 0.6 is 0 Å². The molecule has 47 heavy (non-hydrogen) atoms. The van der Waals surface area contributed by atoms with E-state index in [-0.39, 0.29) is 5.41 Å². The van der Waals surface area contributed by atoms with Gasteiger partial charge in [0.15, 0.2) is 0 Å². The SMILES string of the molecule is CCCC1=CCC[C@H](C)[C@@H]1c1c(C)nn(-c2cccc(Oc3ccc4c5ccccc5n(-c5cc(C(C)(C)C)ccn5)c4c3)c2)c1C. The van der Waals surface area contributed by atoms with E-state index in [1.54, 1.807) is 5.57 Å². The molecule has 3 aromatic heterocycles. The van der Waals surface area contributed by atoms with E-state index in [1.807, 2.05) is 12.3 Å². The van der Waals surface area contributed by atoms with E-state index in [0.29, 0.717) is 11.8 Å². The summed E-state index contributed by atoms with van der Waals surface area (Å²) in [6.07, 6.45) is 9.16. The molecule has 0 saturated heterocycles. The molecule has 0 spiro atoms. The van der Waals surface area contributed by atoms with Crippen LogP contribution in [0, 0.1) is 19.8 Å². The molecule has 0 bridgehead atoms. The number of hydrogen-bond donors (Lipinski definition) is 0. The molecule has 0 aliphatic heterocycles. The summed E-state index contributed by atoms with van der Waals surface area (Å²) in [7, 11) is 0. The number of ether oxygens (including phenoxy) is 1. The van der Waals surface area contributed by atoms with E-state index in [4.69, 9.17) is 14.8 Å². The van der Waals surface area contributed by atoms with Crippen LogP contribution in [0.4, 0.5) is 0 Å². The van der Waals surface area contributed by atoms with E-state index in [9.17, 15) is 0 Å². The molecular formula is C42H46N4O. The zero-order valence-electron chi connectivity index (χ0n) is 28.8. The predicted octanol–water partition coefficient (Wildman–Crippen LogP) is 11.3. The van der Waals surface area contributed by atoms with Crippen molar-refractivity contribution >= 4 is 21.8 Å². The molecule has 1 aliphatic rings. The van der Waals surface area contributed by atoms with Crippen molar-refractivity contribution in [2.45, 2.75) is 85.5 Å². The van der Waals surface area contributed by atoms with Gasteiger partial charge in [-0.15, -0.1) is 0 Å². The fraction of sp³-hybridized carbons (Fsp3) is 0.333. The number of aromatic nitrogens is 4. The standard InChI is InChI=1S/C42H46N4O/c1-8-13-30-15-11-14-27(2)40(30)41-28(3)44-46(29(41)4)32-16-12-17-33(25-32)47-34-20-21-36-35-18-9-10-19-37(35)45(38(36)26-34)39-24-31(22-23-43-39)42(5,6)7/h9-10,12,15-27,40H,8,11,13-14H2,1-7H3/t27-,40-/m0/s1. The lowest BCUT2D eigenvalue weighted by Crippen LogP contribution is -2.18. The quantitative estimate of drug-likeness (QED) is 0.166. The Hall–Kier alpha value is -4.64. The summed E-state index contributed by atoms with van der Waals surface area (Å²) in [4.78, 5) is 4.83. The molecule has 5 nitrogen and oxygen atoms in total. The van der Waals surface area contributed by atoms with Gasteiger partial charge in [-0.1, -0.05) is 77.0 Å². The number of allylic oxidation sites excluding steroid dienone is 2. The van der Waals surface area contributed by atoms with Gasteiger partial charge in [-0.25, -0.2) is 9.67 Å². The minimum atomic E-state index is 0.0190. The van der Waals surface area contributed by atoms with Gasteiger partial charge in [-0.2, -0.15) is 5.10 Å². The van der Waals surface area contributed by atoms with Crippen LogP contribution in [0.1, 0.15) is 88.7 Å². The third-order valence-corrected chi connectivity index (χ3v) is 9.98. The highest BCUT2D eigenvalue weighted by molar-refractivity contribution is 6.09. The summed E-state index contributed by atoms with van der Waals surface area (Å²) in [5.74, 6) is 3.53. The zero-order valence-corrected chi connectivity index (χ0v) is 28.8. The van der Waals surface area contributed by atoms with Crippen LogP contribution in [0.5, 0.6) is 11.5 Å². The largest absolute Gasteiger partial charge is 0.457 e. The number of pyridine rings is 1. The fourth-order valence-electron chi connectivity index (χ4n) is 7.65. The lowest BCUT2D eigenvalue weighted by molar-refractivity contribution is 0.436. The van der Waals surface area contributed by atoms with Crippen LogP contribution in [0.25, 0.3) is 33.3 Å². The maximum atomic E-state index is 6.59. The van der Waals surface area contributed by atoms with Crippen LogP contribution in [0.2, 0.25) is 0 Å². The van der Waals surface area contributed by atoms with Crippen LogP contribution in [0.15, 0.2) is 96.7 Å². The molecule has 5 heteroatoms. The number of fused-ring (bicyclic) bond motifs is 3. The van der Waals surface area contributed by atoms with Gasteiger partial charge in [-0.05, 0) is 92.5 Å². The summed E-state index contributed by atoms with van der Waals surface area (Å²) in [6, 6.07) is 27.5. The molecule has 7 rings (SSSR count). The second-order valence-corrected chi connectivity index (χ2v) is 14.3. The van der Waals surface area contributed by atoms with Crippen LogP contribution in [-0.4, -0.2) is 19.3 Å². The summed E-state index contributed by atoms with van der Waals surface area (Å²) in [5, 5.41) is 7.46. The molecule has 0 unspecified atom stereocenters. The molecule has 0 N–H and O–H groups in total. The number of benzene rings is 3. The normalized spacial score (nSPS) is 17.0. The fourth-order valence-corrected chi connectivity index (χ4v) is 7.65. The van der Waals surface area contributed by atoms with Crippen molar-refractivity contribution in [1.82, 2.24) is 19.3 Å². The number of aryl methyl sites for hydroxylation is 1. The molecule has 240 valence electrons. The van der Waals surface area contributed by atoms with E-state index in [1.165, 1.54) is 46.9 Å². The van der Waals surface area contributed by atoms with Gasteiger partial charge >= 0.3 is 0 Å². The molecular weight excluding hydrogens is 576 g/mol. The van der Waals surface area contributed by atoms with Crippen molar-refractivity contribution < 1.29 is 4.74 Å². The monoisotopic (exact) mass is 622 g/mol. The Morgan fingerprint density at radius 1 is 0.872 bits per heavy atom. The summed E-state index contributed by atoms with van der Waals surface area (Å²) < 4.78 is 11.0. The summed E-state index contributed by atoms with van der Waals surface area (Å²) in [5.41, 5.74) is 9.80. The average molecular weight is 623 g/mol. The van der Waals surface area contributed by atoms with Crippen LogP contribution < -0.4 is 4.74 Å². The van der Waals surface area contributed by atoms with Crippen molar-refractivity contribution in [3.8, 4) is 23.0 Å². The Bertz CT molecular complexity index is 2120. The molecule has 1 aliphatic carbocycles. The first-order valence-corrected chi connectivity index (χ1v) is 17.2. The Kier molecular flexibility index (Phi) is 8.03. The predicted molar refractivity (Wildman–Crippen MR) is 195 cm³/mol. The van der Waals surface area contributed by atoms with E-state index < -0.39 is 0 Å². The van der Waals surface area contributed by atoms with E-state index in [0.717, 1.165) is 46.2 Å². The van der Waals surface area contributed by atoms with Crippen molar-refractivity contribution in [2.75, 3.05) is 0 Å². The maximum absolute atomic E-state index is 6.59. The van der Waals surface area contributed by atoms with Crippen molar-refractivity contribution in [3.05, 3.63) is 119 Å². The molecule has 0 amide bonds. The van der Waals surface area contributed by atoms with Gasteiger partial charge in [0.05, 0.1) is 22.4 Å². The van der Waals surface area contributed by atoms with E-state index in [2.05, 4.69) is 137 Å². The minimum absolute atomic E-state index is 0.0190. The van der Waals surface area contributed by atoms with Crippen LogP contribution in [-0.2, 0) is 5.41 Å². The summed E-state index contributed by atoms with van der Waals surface area (Å²) >= 11 is 0.